The van der Waals surface area contributed by atoms with Gasteiger partial charge in [-0.05, 0) is 27.7 Å². The molecule has 2 heterocycles. The molecule has 2 fully saturated rings. The van der Waals surface area contributed by atoms with Crippen LogP contribution in [0.3, 0.4) is 0 Å². The van der Waals surface area contributed by atoms with E-state index in [1.807, 2.05) is 0 Å². The third-order valence-corrected chi connectivity index (χ3v) is 4.38. The molecule has 0 aromatic carbocycles. The van der Waals surface area contributed by atoms with E-state index in [2.05, 4.69) is 5.16 Å². The van der Waals surface area contributed by atoms with Crippen molar-refractivity contribution in [3.05, 3.63) is 0 Å². The van der Waals surface area contributed by atoms with Crippen molar-refractivity contribution in [2.45, 2.75) is 51.2 Å². The lowest BCUT2D eigenvalue weighted by atomic mass is 9.95. The minimum absolute atomic E-state index is 0.184. The summed E-state index contributed by atoms with van der Waals surface area (Å²) in [5, 5.41) is 12.4. The van der Waals surface area contributed by atoms with E-state index in [0.717, 1.165) is 0 Å². The molecule has 3 atom stereocenters. The molecule has 0 saturated carbocycles. The molecule has 132 valence electrons. The van der Waals surface area contributed by atoms with E-state index in [1.165, 1.54) is 14.2 Å². The molecule has 2 aliphatic heterocycles. The van der Waals surface area contributed by atoms with Gasteiger partial charge in [0.1, 0.15) is 18.2 Å². The number of carbonyl (C=O) groups excluding carboxylic acids is 1. The molecule has 8 heteroatoms. The zero-order valence-electron chi connectivity index (χ0n) is 14.5. The number of fused-ring (bicyclic) bond motifs is 1. The number of oxime groups is 1. The Kier molecular flexibility index (Phi) is 4.89. The topological polar surface area (TPSA) is 89.8 Å². The molecule has 0 aromatic rings. The van der Waals surface area contributed by atoms with Crippen LogP contribution in [0.4, 0.5) is 4.79 Å². The Labute approximate surface area is 136 Å². The first kappa shape index (κ1) is 18.0. The fourth-order valence-electron chi connectivity index (χ4n) is 3.21. The Balaban J connectivity index is 2.34. The number of nitrogens with zero attached hydrogens (tertiary/aromatic N) is 2. The number of ether oxygens (including phenoxy) is 4. The largest absolute Gasteiger partial charge is 0.444 e. The number of rotatable bonds is 3. The van der Waals surface area contributed by atoms with Crippen molar-refractivity contribution in [1.29, 1.82) is 0 Å². The Hall–Kier alpha value is -1.38. The van der Waals surface area contributed by atoms with E-state index in [-0.39, 0.29) is 18.6 Å². The average molecular weight is 330 g/mol. The number of likely N-dealkylation sites (tertiary alicyclic amines) is 1. The predicted molar refractivity (Wildman–Crippen MR) is 81.6 cm³/mol. The van der Waals surface area contributed by atoms with E-state index in [0.29, 0.717) is 12.3 Å². The molecular weight excluding hydrogens is 304 g/mol. The summed E-state index contributed by atoms with van der Waals surface area (Å²) >= 11 is 0. The first-order valence-corrected chi connectivity index (χ1v) is 7.59. The number of methoxy groups -OCH3 is 2. The lowest BCUT2D eigenvalue weighted by molar-refractivity contribution is -0.224. The Morgan fingerprint density at radius 2 is 1.96 bits per heavy atom. The molecule has 23 heavy (non-hydrogen) atoms. The van der Waals surface area contributed by atoms with Crippen molar-refractivity contribution >= 4 is 11.8 Å². The van der Waals surface area contributed by atoms with Crippen molar-refractivity contribution in [2.75, 3.05) is 27.4 Å². The second-order valence-electron chi connectivity index (χ2n) is 6.92. The van der Waals surface area contributed by atoms with Gasteiger partial charge in [-0.1, -0.05) is 5.16 Å². The number of hydrogen-bond donors (Lipinski definition) is 1. The lowest BCUT2D eigenvalue weighted by Gasteiger charge is -2.36. The van der Waals surface area contributed by atoms with E-state index < -0.39 is 23.5 Å². The zero-order chi connectivity index (χ0) is 17.4. The summed E-state index contributed by atoms with van der Waals surface area (Å²) in [6, 6.07) is -0.478. The standard InChI is InChI=1S/C15H26N2O6/c1-9(16-19)10-7-17(13(18)23-14(2,3)4)12-11(10)22-8-15(12,20-5)21-6/h10-12,19H,7-8H2,1-6H3/b16-9-/t10-,11+,12-/m0/s1. The number of hydrogen-bond acceptors (Lipinski definition) is 7. The van der Waals surface area contributed by atoms with Crippen LogP contribution in [0, 0.1) is 5.92 Å². The first-order valence-electron chi connectivity index (χ1n) is 7.59. The predicted octanol–water partition coefficient (Wildman–Crippen LogP) is 1.46. The highest BCUT2D eigenvalue weighted by atomic mass is 16.7. The Bertz CT molecular complexity index is 483. The maximum atomic E-state index is 12.6. The van der Waals surface area contributed by atoms with Crippen LogP contribution in [-0.2, 0) is 18.9 Å². The molecule has 0 unspecified atom stereocenters. The molecule has 0 spiro atoms. The molecule has 1 amide bonds. The summed E-state index contributed by atoms with van der Waals surface area (Å²) in [5.41, 5.74) is -0.124. The summed E-state index contributed by atoms with van der Waals surface area (Å²) in [5.74, 6) is -1.31. The van der Waals surface area contributed by atoms with Crippen LogP contribution in [0.25, 0.3) is 0 Å². The van der Waals surface area contributed by atoms with Gasteiger partial charge in [0.2, 0.25) is 5.79 Å². The molecule has 2 aliphatic rings. The van der Waals surface area contributed by atoms with Gasteiger partial charge in [-0.2, -0.15) is 0 Å². The minimum Gasteiger partial charge on any atom is -0.444 e. The van der Waals surface area contributed by atoms with Crippen LogP contribution in [0.15, 0.2) is 5.16 Å². The molecule has 0 radical (unpaired) electrons. The molecule has 2 rings (SSSR count). The molecule has 8 nitrogen and oxygen atoms in total. The third-order valence-electron chi connectivity index (χ3n) is 4.38. The van der Waals surface area contributed by atoms with Gasteiger partial charge in [0.05, 0.1) is 11.8 Å². The van der Waals surface area contributed by atoms with Gasteiger partial charge >= 0.3 is 6.09 Å². The molecule has 0 bridgehead atoms. The van der Waals surface area contributed by atoms with Gasteiger partial charge in [0.15, 0.2) is 0 Å². The van der Waals surface area contributed by atoms with E-state index in [1.54, 1.807) is 32.6 Å². The lowest BCUT2D eigenvalue weighted by Crippen LogP contribution is -2.55. The number of amides is 1. The second-order valence-corrected chi connectivity index (χ2v) is 6.92. The highest BCUT2D eigenvalue weighted by Crippen LogP contribution is 2.42. The maximum absolute atomic E-state index is 12.6. The molecular formula is C15H26N2O6. The summed E-state index contributed by atoms with van der Waals surface area (Å²) in [6.07, 6.45) is -0.844. The van der Waals surface area contributed by atoms with Crippen molar-refractivity contribution in [3.8, 4) is 0 Å². The molecule has 0 aromatic heterocycles. The van der Waals surface area contributed by atoms with Crippen LogP contribution in [0.5, 0.6) is 0 Å². The van der Waals surface area contributed by atoms with Crippen molar-refractivity contribution in [1.82, 2.24) is 4.90 Å². The van der Waals surface area contributed by atoms with E-state index in [4.69, 9.17) is 24.2 Å². The highest BCUT2D eigenvalue weighted by Gasteiger charge is 2.62. The first-order chi connectivity index (χ1) is 10.7. The van der Waals surface area contributed by atoms with Gasteiger partial charge in [-0.3, -0.25) is 4.90 Å². The smallest absolute Gasteiger partial charge is 0.410 e. The monoisotopic (exact) mass is 330 g/mol. The normalized spacial score (nSPS) is 30.4. The fraction of sp³-hybridized carbons (Fsp3) is 0.867. The van der Waals surface area contributed by atoms with Crippen LogP contribution >= 0.6 is 0 Å². The average Bonchev–Trinajstić information content (AvgIpc) is 3.03. The Morgan fingerprint density at radius 1 is 1.35 bits per heavy atom. The van der Waals surface area contributed by atoms with Crippen molar-refractivity contribution in [2.24, 2.45) is 11.1 Å². The summed E-state index contributed by atoms with van der Waals surface area (Å²) in [4.78, 5) is 14.2. The molecule has 1 N–H and O–H groups in total. The van der Waals surface area contributed by atoms with Crippen molar-refractivity contribution < 1.29 is 28.9 Å². The summed E-state index contributed by atoms with van der Waals surface area (Å²) in [7, 11) is 3.03. The van der Waals surface area contributed by atoms with Crippen LogP contribution in [0.1, 0.15) is 27.7 Å². The summed E-state index contributed by atoms with van der Waals surface area (Å²) in [6.45, 7) is 7.62. The molecule has 2 saturated heterocycles. The van der Waals surface area contributed by atoms with Crippen molar-refractivity contribution in [3.63, 3.8) is 0 Å². The van der Waals surface area contributed by atoms with Crippen LogP contribution < -0.4 is 0 Å². The van der Waals surface area contributed by atoms with Gasteiger partial charge in [0.25, 0.3) is 0 Å². The van der Waals surface area contributed by atoms with Gasteiger partial charge < -0.3 is 24.2 Å². The maximum Gasteiger partial charge on any atom is 0.410 e. The zero-order valence-corrected chi connectivity index (χ0v) is 14.5. The summed E-state index contributed by atoms with van der Waals surface area (Å²) < 4.78 is 22.4. The third kappa shape index (κ3) is 3.15. The van der Waals surface area contributed by atoms with Gasteiger partial charge in [-0.25, -0.2) is 4.79 Å². The second kappa shape index (κ2) is 6.26. The van der Waals surface area contributed by atoms with Crippen LogP contribution in [-0.4, -0.2) is 72.8 Å². The minimum atomic E-state index is -1.06. The van der Waals surface area contributed by atoms with Crippen LogP contribution in [0.2, 0.25) is 0 Å². The molecule has 0 aliphatic carbocycles. The SMILES string of the molecule is COC1(OC)CO[C@H]2[C@@H]1N(C(=O)OC(C)(C)C)C[C@H]2/C(C)=N\O. The van der Waals surface area contributed by atoms with Gasteiger partial charge in [0, 0.05) is 26.7 Å². The Morgan fingerprint density at radius 3 is 2.43 bits per heavy atom. The van der Waals surface area contributed by atoms with E-state index >= 15 is 0 Å². The highest BCUT2D eigenvalue weighted by molar-refractivity contribution is 5.86. The van der Waals surface area contributed by atoms with Gasteiger partial charge in [-0.15, -0.1) is 0 Å². The number of carbonyl (C=O) groups is 1. The van der Waals surface area contributed by atoms with E-state index in [9.17, 15) is 4.79 Å². The quantitative estimate of drug-likeness (QED) is 0.365. The fourth-order valence-corrected chi connectivity index (χ4v) is 3.21.